The summed E-state index contributed by atoms with van der Waals surface area (Å²) >= 11 is 0. The molecular weight excluding hydrogens is 314 g/mol. The van der Waals surface area contributed by atoms with Crippen molar-refractivity contribution in [1.29, 1.82) is 0 Å². The lowest BCUT2D eigenvalue weighted by molar-refractivity contribution is 0.0945. The molecule has 1 aliphatic rings. The van der Waals surface area contributed by atoms with E-state index in [-0.39, 0.29) is 12.6 Å². The van der Waals surface area contributed by atoms with Crippen molar-refractivity contribution in [3.8, 4) is 0 Å². The van der Waals surface area contributed by atoms with E-state index < -0.39 is 19.0 Å². The van der Waals surface area contributed by atoms with Gasteiger partial charge in [0.15, 0.2) is 0 Å². The Bertz CT molecular complexity index is 674. The van der Waals surface area contributed by atoms with Crippen molar-refractivity contribution in [2.75, 3.05) is 6.54 Å². The highest BCUT2D eigenvalue weighted by Gasteiger charge is 2.25. The Balaban J connectivity index is 1.63. The largest absolute Gasteiger partial charge is 0.335 e. The number of halogens is 2. The van der Waals surface area contributed by atoms with Crippen molar-refractivity contribution in [1.82, 2.24) is 20.4 Å². The maximum atomic E-state index is 12.8. The van der Waals surface area contributed by atoms with Gasteiger partial charge in [-0.25, -0.2) is 13.6 Å². The van der Waals surface area contributed by atoms with Crippen molar-refractivity contribution in [3.63, 3.8) is 0 Å². The predicted molar refractivity (Wildman–Crippen MR) is 85.8 cm³/mol. The molecule has 2 aromatic rings. The highest BCUT2D eigenvalue weighted by atomic mass is 19.3. The van der Waals surface area contributed by atoms with Crippen LogP contribution in [0.2, 0.25) is 0 Å². The third-order valence-corrected chi connectivity index (χ3v) is 4.21. The van der Waals surface area contributed by atoms with Gasteiger partial charge in [0.1, 0.15) is 0 Å². The van der Waals surface area contributed by atoms with E-state index >= 15 is 0 Å². The first-order chi connectivity index (χ1) is 11.6. The molecule has 7 heteroatoms. The van der Waals surface area contributed by atoms with Gasteiger partial charge in [-0.05, 0) is 30.4 Å². The normalized spacial score (nSPS) is 16.7. The number of carbonyl (C=O) groups is 1. The van der Waals surface area contributed by atoms with Crippen LogP contribution in [0.4, 0.5) is 13.6 Å². The minimum absolute atomic E-state index is 0.0569. The molecule has 1 heterocycles. The number of fused-ring (bicyclic) bond motifs is 1. The summed E-state index contributed by atoms with van der Waals surface area (Å²) in [5.41, 5.74) is 3.00. The lowest BCUT2D eigenvalue weighted by atomic mass is 9.94. The van der Waals surface area contributed by atoms with Crippen LogP contribution in [0.3, 0.4) is 0 Å². The van der Waals surface area contributed by atoms with Crippen LogP contribution in [0, 0.1) is 0 Å². The number of nitrogens with zero attached hydrogens (tertiary/aromatic N) is 2. The summed E-state index contributed by atoms with van der Waals surface area (Å²) in [7, 11) is 0. The van der Waals surface area contributed by atoms with Crippen molar-refractivity contribution < 1.29 is 13.6 Å². The van der Waals surface area contributed by atoms with Crippen LogP contribution in [-0.4, -0.2) is 40.1 Å². The minimum Gasteiger partial charge on any atom is -0.335 e. The minimum atomic E-state index is -2.56. The Labute approximate surface area is 139 Å². The fraction of sp³-hybridized carbons (Fsp3) is 0.412. The van der Waals surface area contributed by atoms with Crippen LogP contribution in [0.25, 0.3) is 0 Å². The number of hydrogen-bond acceptors (Lipinski definition) is 2. The molecule has 0 aliphatic heterocycles. The number of aromatic nitrogens is 2. The Morgan fingerprint density at radius 2 is 2.17 bits per heavy atom. The lowest BCUT2D eigenvalue weighted by Gasteiger charge is -2.28. The van der Waals surface area contributed by atoms with Gasteiger partial charge in [-0.3, -0.25) is 5.10 Å². The molecule has 1 aromatic carbocycles. The van der Waals surface area contributed by atoms with E-state index in [9.17, 15) is 13.6 Å². The molecule has 3 rings (SSSR count). The number of rotatable bonds is 5. The maximum Gasteiger partial charge on any atom is 0.318 e. The Kier molecular flexibility index (Phi) is 5.08. The van der Waals surface area contributed by atoms with Crippen LogP contribution in [0.1, 0.15) is 23.2 Å². The lowest BCUT2D eigenvalue weighted by Crippen LogP contribution is -2.47. The fourth-order valence-corrected chi connectivity index (χ4v) is 3.00. The molecule has 5 nitrogen and oxygen atoms in total. The summed E-state index contributed by atoms with van der Waals surface area (Å²) in [6.07, 6.45) is 1.44. The smallest absolute Gasteiger partial charge is 0.318 e. The highest BCUT2D eigenvalue weighted by molar-refractivity contribution is 5.74. The van der Waals surface area contributed by atoms with Crippen LogP contribution in [-0.2, 0) is 19.4 Å². The van der Waals surface area contributed by atoms with E-state index in [4.69, 9.17) is 0 Å². The second-order valence-corrected chi connectivity index (χ2v) is 6.02. The SMILES string of the molecule is O=C(NC1CCc2[nH]ncc2C1)N(Cc1ccccc1)CC(F)F. The second kappa shape index (κ2) is 7.42. The molecule has 0 saturated heterocycles. The number of aromatic amines is 1. The summed E-state index contributed by atoms with van der Waals surface area (Å²) in [5.74, 6) is 0. The molecule has 2 amide bonds. The Morgan fingerprint density at radius 1 is 1.38 bits per heavy atom. The molecule has 2 N–H and O–H groups in total. The van der Waals surface area contributed by atoms with E-state index in [0.717, 1.165) is 29.7 Å². The molecular formula is C17H20F2N4O. The first kappa shape index (κ1) is 16.4. The van der Waals surface area contributed by atoms with Crippen molar-refractivity contribution in [2.45, 2.75) is 38.3 Å². The predicted octanol–water partition coefficient (Wildman–Crippen LogP) is 2.74. The highest BCUT2D eigenvalue weighted by Crippen LogP contribution is 2.19. The van der Waals surface area contributed by atoms with Gasteiger partial charge in [-0.15, -0.1) is 0 Å². The first-order valence-corrected chi connectivity index (χ1v) is 8.00. The summed E-state index contributed by atoms with van der Waals surface area (Å²) < 4.78 is 25.7. The Hall–Kier alpha value is -2.44. The van der Waals surface area contributed by atoms with E-state index in [0.29, 0.717) is 6.42 Å². The van der Waals surface area contributed by atoms with Crippen LogP contribution in [0.15, 0.2) is 36.5 Å². The Morgan fingerprint density at radius 3 is 2.92 bits per heavy atom. The molecule has 0 radical (unpaired) electrons. The third-order valence-electron chi connectivity index (χ3n) is 4.21. The van der Waals surface area contributed by atoms with Crippen LogP contribution in [0.5, 0.6) is 0 Å². The van der Waals surface area contributed by atoms with E-state index in [1.165, 1.54) is 4.90 Å². The zero-order valence-electron chi connectivity index (χ0n) is 13.2. The van der Waals surface area contributed by atoms with Gasteiger partial charge in [0.2, 0.25) is 0 Å². The zero-order chi connectivity index (χ0) is 16.9. The standard InChI is InChI=1S/C17H20F2N4O/c18-16(19)11-23(10-12-4-2-1-3-5-12)17(24)21-14-6-7-15-13(8-14)9-20-22-15/h1-5,9,14,16H,6-8,10-11H2,(H,20,22)(H,21,24). The number of aryl methyl sites for hydroxylation is 1. The van der Waals surface area contributed by atoms with E-state index in [2.05, 4.69) is 15.5 Å². The molecule has 0 spiro atoms. The third kappa shape index (κ3) is 4.10. The maximum absolute atomic E-state index is 12.8. The van der Waals surface area contributed by atoms with Crippen molar-refractivity contribution in [2.24, 2.45) is 0 Å². The number of amides is 2. The number of carbonyl (C=O) groups excluding carboxylic acids is 1. The first-order valence-electron chi connectivity index (χ1n) is 8.00. The number of urea groups is 1. The van der Waals surface area contributed by atoms with Gasteiger partial charge < -0.3 is 10.2 Å². The van der Waals surface area contributed by atoms with Crippen molar-refractivity contribution in [3.05, 3.63) is 53.3 Å². The summed E-state index contributed by atoms with van der Waals surface area (Å²) in [6, 6.07) is 8.65. The topological polar surface area (TPSA) is 61.0 Å². The molecule has 0 saturated carbocycles. The summed E-state index contributed by atoms with van der Waals surface area (Å²) in [6.45, 7) is -0.412. The average molecular weight is 334 g/mol. The number of alkyl halides is 2. The van der Waals surface area contributed by atoms with Gasteiger partial charge in [0.25, 0.3) is 6.43 Å². The van der Waals surface area contributed by atoms with Crippen LogP contribution < -0.4 is 5.32 Å². The van der Waals surface area contributed by atoms with Gasteiger partial charge in [-0.2, -0.15) is 5.10 Å². The number of hydrogen-bond donors (Lipinski definition) is 2. The quantitative estimate of drug-likeness (QED) is 0.883. The number of nitrogens with one attached hydrogen (secondary N) is 2. The van der Waals surface area contributed by atoms with Gasteiger partial charge in [0.05, 0.1) is 12.7 Å². The van der Waals surface area contributed by atoms with Gasteiger partial charge in [0, 0.05) is 18.3 Å². The fourth-order valence-electron chi connectivity index (χ4n) is 3.00. The van der Waals surface area contributed by atoms with Gasteiger partial charge in [-0.1, -0.05) is 30.3 Å². The molecule has 128 valence electrons. The molecule has 1 unspecified atom stereocenters. The molecule has 0 bridgehead atoms. The molecule has 1 atom stereocenters. The monoisotopic (exact) mass is 334 g/mol. The van der Waals surface area contributed by atoms with E-state index in [1.54, 1.807) is 6.20 Å². The summed E-state index contributed by atoms with van der Waals surface area (Å²) in [5, 5.41) is 9.83. The molecule has 1 aliphatic carbocycles. The van der Waals surface area contributed by atoms with Gasteiger partial charge >= 0.3 is 6.03 Å². The van der Waals surface area contributed by atoms with E-state index in [1.807, 2.05) is 30.3 Å². The summed E-state index contributed by atoms with van der Waals surface area (Å²) in [4.78, 5) is 13.6. The molecule has 1 aromatic heterocycles. The average Bonchev–Trinajstić information content (AvgIpc) is 3.02. The zero-order valence-corrected chi connectivity index (χ0v) is 13.2. The molecule has 0 fully saturated rings. The molecule has 24 heavy (non-hydrogen) atoms. The second-order valence-electron chi connectivity index (χ2n) is 6.02. The van der Waals surface area contributed by atoms with Crippen molar-refractivity contribution >= 4 is 6.03 Å². The number of H-pyrrole nitrogens is 1. The van der Waals surface area contributed by atoms with Crippen LogP contribution >= 0.6 is 0 Å². The number of benzene rings is 1.